The molecular weight excluding hydrogens is 334 g/mol. The predicted molar refractivity (Wildman–Crippen MR) is 98.8 cm³/mol. The lowest BCUT2D eigenvalue weighted by Crippen LogP contribution is -2.69. The summed E-state index contributed by atoms with van der Waals surface area (Å²) in [5.74, 6) is 2.19. The van der Waals surface area contributed by atoms with Crippen LogP contribution in [-0.4, -0.2) is 46.2 Å². The number of nitrogens with zero attached hydrogens (tertiary/aromatic N) is 1. The molecule has 0 aromatic carbocycles. The first kappa shape index (κ1) is 22.0. The summed E-state index contributed by atoms with van der Waals surface area (Å²) >= 11 is 0. The molecule has 1 rings (SSSR count). The molecular formula is C19H32N3O4+. The van der Waals surface area contributed by atoms with Crippen molar-refractivity contribution in [2.24, 2.45) is 11.7 Å². The van der Waals surface area contributed by atoms with Gasteiger partial charge in [0, 0.05) is 12.8 Å². The second kappa shape index (κ2) is 8.09. The van der Waals surface area contributed by atoms with Gasteiger partial charge in [-0.2, -0.15) is 4.48 Å². The van der Waals surface area contributed by atoms with Crippen LogP contribution in [0.5, 0.6) is 0 Å². The van der Waals surface area contributed by atoms with E-state index in [1.165, 1.54) is 0 Å². The Morgan fingerprint density at radius 3 is 2.31 bits per heavy atom. The first-order valence-corrected chi connectivity index (χ1v) is 9.04. The van der Waals surface area contributed by atoms with Crippen LogP contribution >= 0.6 is 0 Å². The number of nitrogens with two attached hydrogens (primary N) is 1. The van der Waals surface area contributed by atoms with Crippen molar-refractivity contribution < 1.29 is 23.6 Å². The van der Waals surface area contributed by atoms with Gasteiger partial charge >= 0.3 is 18.0 Å². The number of ether oxygens (including phenoxy) is 1. The normalized spacial score (nSPS) is 26.8. The number of nitrogens with one attached hydrogen (secondary N) is 1. The van der Waals surface area contributed by atoms with Crippen molar-refractivity contribution in [3.05, 3.63) is 0 Å². The maximum absolute atomic E-state index is 13.4. The van der Waals surface area contributed by atoms with Gasteiger partial charge < -0.3 is 15.8 Å². The van der Waals surface area contributed by atoms with E-state index in [2.05, 4.69) is 11.2 Å². The van der Waals surface area contributed by atoms with Crippen molar-refractivity contribution in [3.63, 3.8) is 0 Å². The molecule has 0 aromatic rings. The molecule has 4 amide bonds. The number of hydrogen-bond acceptors (Lipinski definition) is 4. The lowest BCUT2D eigenvalue weighted by molar-refractivity contribution is -0.801. The molecule has 7 heteroatoms. The van der Waals surface area contributed by atoms with Crippen LogP contribution in [0.4, 0.5) is 9.59 Å². The molecule has 1 fully saturated rings. The third-order valence-corrected chi connectivity index (χ3v) is 4.66. The minimum atomic E-state index is -0.909. The zero-order valence-corrected chi connectivity index (χ0v) is 16.7. The third kappa shape index (κ3) is 4.55. The van der Waals surface area contributed by atoms with E-state index in [0.717, 1.165) is 0 Å². The maximum atomic E-state index is 13.4. The Labute approximate surface area is 156 Å². The van der Waals surface area contributed by atoms with Crippen LogP contribution in [-0.2, 0) is 9.53 Å². The molecule has 0 radical (unpaired) electrons. The predicted octanol–water partition coefficient (Wildman–Crippen LogP) is 2.53. The minimum absolute atomic E-state index is 0.106. The average molecular weight is 366 g/mol. The molecule has 0 aliphatic carbocycles. The molecule has 0 saturated carbocycles. The molecule has 0 aromatic heterocycles. The van der Waals surface area contributed by atoms with E-state index in [1.807, 2.05) is 13.8 Å². The summed E-state index contributed by atoms with van der Waals surface area (Å²) in [6.07, 6.45) is 6.40. The van der Waals surface area contributed by atoms with Gasteiger partial charge in [0.25, 0.3) is 0 Å². The Morgan fingerprint density at radius 2 is 1.88 bits per heavy atom. The smallest absolute Gasteiger partial charge is 0.422 e. The number of amides is 4. The number of rotatable bonds is 4. The van der Waals surface area contributed by atoms with E-state index in [4.69, 9.17) is 16.9 Å². The van der Waals surface area contributed by atoms with Crippen molar-refractivity contribution in [2.75, 3.05) is 0 Å². The standard InChI is InChI=1S/C19H31N3O4/c1-8-14-10-9-13(4)22(14,17(20)24)16(23)15(11-12(2)3)21-18(25)26-19(5,6)7/h1,12-15H,9-11H2,2-7H3,(H2-,20,21,24,25)/p+1/t13?,14-,15?,22?/m0/s1. The van der Waals surface area contributed by atoms with Crippen molar-refractivity contribution >= 4 is 18.0 Å². The van der Waals surface area contributed by atoms with E-state index in [0.29, 0.717) is 19.3 Å². The highest BCUT2D eigenvalue weighted by Crippen LogP contribution is 2.35. The average Bonchev–Trinajstić information content (AvgIpc) is 2.80. The highest BCUT2D eigenvalue weighted by molar-refractivity contribution is 5.89. The fourth-order valence-electron chi connectivity index (χ4n) is 3.57. The number of quaternary nitrogens is 1. The molecule has 1 heterocycles. The van der Waals surface area contributed by atoms with Gasteiger partial charge in [-0.15, -0.1) is 6.42 Å². The van der Waals surface area contributed by atoms with Crippen LogP contribution in [0.2, 0.25) is 0 Å². The number of terminal acetylenes is 1. The van der Waals surface area contributed by atoms with Crippen LogP contribution in [0.15, 0.2) is 0 Å². The van der Waals surface area contributed by atoms with E-state index in [9.17, 15) is 14.4 Å². The molecule has 3 unspecified atom stereocenters. The molecule has 1 aliphatic rings. The number of imide groups is 1. The minimum Gasteiger partial charge on any atom is -0.444 e. The molecule has 4 atom stereocenters. The zero-order chi connectivity index (χ0) is 20.3. The Balaban J connectivity index is 3.23. The first-order chi connectivity index (χ1) is 11.9. The Kier molecular flexibility index (Phi) is 6.83. The first-order valence-electron chi connectivity index (χ1n) is 9.04. The molecule has 7 nitrogen and oxygen atoms in total. The fourth-order valence-corrected chi connectivity index (χ4v) is 3.57. The van der Waals surface area contributed by atoms with E-state index in [1.54, 1.807) is 27.7 Å². The number of likely N-dealkylation sites (tertiary alicyclic amines) is 1. The van der Waals surface area contributed by atoms with Crippen molar-refractivity contribution in [1.29, 1.82) is 0 Å². The topological polar surface area (TPSA) is 98.5 Å². The van der Waals surface area contributed by atoms with Gasteiger partial charge in [-0.05, 0) is 46.0 Å². The van der Waals surface area contributed by atoms with Crippen LogP contribution in [0.1, 0.15) is 60.8 Å². The van der Waals surface area contributed by atoms with Crippen molar-refractivity contribution in [1.82, 2.24) is 5.32 Å². The van der Waals surface area contributed by atoms with E-state index < -0.39 is 40.2 Å². The van der Waals surface area contributed by atoms with Gasteiger partial charge in [0.1, 0.15) is 17.7 Å². The highest BCUT2D eigenvalue weighted by Gasteiger charge is 2.59. The molecule has 0 spiro atoms. The monoisotopic (exact) mass is 366 g/mol. The zero-order valence-electron chi connectivity index (χ0n) is 16.7. The summed E-state index contributed by atoms with van der Waals surface area (Å²) in [6.45, 7) is 10.9. The van der Waals surface area contributed by atoms with Crippen LogP contribution in [0, 0.1) is 18.3 Å². The lowest BCUT2D eigenvalue weighted by Gasteiger charge is -2.37. The van der Waals surface area contributed by atoms with E-state index in [-0.39, 0.29) is 12.0 Å². The van der Waals surface area contributed by atoms with Gasteiger partial charge in [-0.3, -0.25) is 0 Å². The second-order valence-electron chi connectivity index (χ2n) is 8.39. The SMILES string of the molecule is C#C[C@H]1CCC(C)[N+]1(C(N)=O)C(=O)C(CC(C)C)NC(=O)OC(C)(C)C. The largest absolute Gasteiger partial charge is 0.444 e. The highest BCUT2D eigenvalue weighted by atomic mass is 16.6. The number of primary amides is 1. The maximum Gasteiger partial charge on any atom is 0.422 e. The van der Waals surface area contributed by atoms with Gasteiger partial charge in [0.15, 0.2) is 6.04 Å². The Morgan fingerprint density at radius 1 is 1.31 bits per heavy atom. The Bertz CT molecular complexity index is 603. The lowest BCUT2D eigenvalue weighted by atomic mass is 10.0. The number of urea groups is 1. The summed E-state index contributed by atoms with van der Waals surface area (Å²) in [6, 6.07) is -2.64. The van der Waals surface area contributed by atoms with E-state index >= 15 is 0 Å². The van der Waals surface area contributed by atoms with Gasteiger partial charge in [0.05, 0.1) is 0 Å². The Hall–Kier alpha value is -2.07. The quantitative estimate of drug-likeness (QED) is 0.590. The number of hydrogen-bond donors (Lipinski definition) is 2. The van der Waals surface area contributed by atoms with Gasteiger partial charge in [-0.25, -0.2) is 14.4 Å². The van der Waals surface area contributed by atoms with Crippen LogP contribution in [0.3, 0.4) is 0 Å². The third-order valence-electron chi connectivity index (χ3n) is 4.66. The molecule has 1 aliphatic heterocycles. The molecule has 26 heavy (non-hydrogen) atoms. The number of carbonyl (C=O) groups excluding carboxylic acids is 3. The van der Waals surface area contributed by atoms with Crippen LogP contribution < -0.4 is 11.1 Å². The molecule has 0 bridgehead atoms. The van der Waals surface area contributed by atoms with Gasteiger partial charge in [0.2, 0.25) is 0 Å². The number of alkyl carbamates (subject to hydrolysis) is 1. The number of carbonyl (C=O) groups is 3. The van der Waals surface area contributed by atoms with Crippen molar-refractivity contribution in [2.45, 2.75) is 84.5 Å². The molecule has 1 saturated heterocycles. The summed E-state index contributed by atoms with van der Waals surface area (Å²) in [7, 11) is 0. The fraction of sp³-hybridized carbons (Fsp3) is 0.737. The van der Waals surface area contributed by atoms with Crippen LogP contribution in [0.25, 0.3) is 0 Å². The van der Waals surface area contributed by atoms with Crippen molar-refractivity contribution in [3.8, 4) is 12.3 Å². The summed E-state index contributed by atoms with van der Waals surface area (Å²) in [5, 5.41) is 2.62. The van der Waals surface area contributed by atoms with Gasteiger partial charge in [-0.1, -0.05) is 13.8 Å². The summed E-state index contributed by atoms with van der Waals surface area (Å²) in [4.78, 5) is 38.0. The molecule has 146 valence electrons. The summed E-state index contributed by atoms with van der Waals surface area (Å²) < 4.78 is 4.65. The second-order valence-corrected chi connectivity index (χ2v) is 8.39. The summed E-state index contributed by atoms with van der Waals surface area (Å²) in [5.41, 5.74) is 4.96. The molecule has 3 N–H and O–H groups in total.